The summed E-state index contributed by atoms with van der Waals surface area (Å²) in [4.78, 5) is 31.6. The van der Waals surface area contributed by atoms with Crippen LogP contribution in [-0.4, -0.2) is 34.3 Å². The molecular weight excluding hydrogens is 274 g/mol. The number of carbonyl (C=O) groups excluding carboxylic acids is 2. The number of nitrogens with one attached hydrogen (secondary N) is 1. The van der Waals surface area contributed by atoms with Crippen LogP contribution in [0.5, 0.6) is 0 Å². The van der Waals surface area contributed by atoms with Crippen LogP contribution in [0, 0.1) is 19.8 Å². The van der Waals surface area contributed by atoms with Gasteiger partial charge in [0.2, 0.25) is 11.8 Å². The third-order valence-electron chi connectivity index (χ3n) is 3.57. The summed E-state index contributed by atoms with van der Waals surface area (Å²) in [6.45, 7) is 8.86. The molecule has 5 nitrogen and oxygen atoms in total. The van der Waals surface area contributed by atoms with E-state index in [4.69, 9.17) is 0 Å². The third-order valence-corrected chi connectivity index (χ3v) is 4.63. The van der Waals surface area contributed by atoms with Gasteiger partial charge in [-0.2, -0.15) is 0 Å². The maximum atomic E-state index is 12.5. The molecule has 1 N–H and O–H groups in total. The molecular formula is C14H21N3O2S. The molecule has 2 rings (SSSR count). The maximum absolute atomic E-state index is 12.5. The number of hydrogen-bond acceptors (Lipinski definition) is 4. The predicted octanol–water partition coefficient (Wildman–Crippen LogP) is 1.63. The van der Waals surface area contributed by atoms with Crippen LogP contribution in [0.4, 0.5) is 0 Å². The van der Waals surface area contributed by atoms with Crippen LogP contribution in [0.15, 0.2) is 0 Å². The second kappa shape index (κ2) is 5.91. The van der Waals surface area contributed by atoms with Crippen molar-refractivity contribution in [2.45, 2.75) is 46.7 Å². The molecule has 110 valence electrons. The van der Waals surface area contributed by atoms with Crippen LogP contribution >= 0.6 is 11.3 Å². The first-order chi connectivity index (χ1) is 9.38. The molecule has 0 bridgehead atoms. The van der Waals surface area contributed by atoms with Gasteiger partial charge in [-0.1, -0.05) is 13.8 Å². The van der Waals surface area contributed by atoms with Crippen molar-refractivity contribution in [3.05, 3.63) is 15.6 Å². The fourth-order valence-electron chi connectivity index (χ4n) is 2.23. The molecule has 20 heavy (non-hydrogen) atoms. The average molecular weight is 295 g/mol. The molecule has 0 aromatic carbocycles. The van der Waals surface area contributed by atoms with Gasteiger partial charge >= 0.3 is 0 Å². The van der Waals surface area contributed by atoms with Crippen molar-refractivity contribution < 1.29 is 9.59 Å². The molecule has 0 radical (unpaired) electrons. The van der Waals surface area contributed by atoms with Crippen LogP contribution in [-0.2, 0) is 16.1 Å². The summed E-state index contributed by atoms with van der Waals surface area (Å²) in [5, 5.41) is 3.75. The number of thiazole rings is 1. The number of hydrogen-bond donors (Lipinski definition) is 1. The summed E-state index contributed by atoms with van der Waals surface area (Å²) in [6.07, 6.45) is 0.359. The number of aryl methyl sites for hydroxylation is 2. The van der Waals surface area contributed by atoms with E-state index in [2.05, 4.69) is 10.3 Å². The lowest BCUT2D eigenvalue weighted by Crippen LogP contribution is -2.47. The van der Waals surface area contributed by atoms with Gasteiger partial charge in [-0.25, -0.2) is 4.98 Å². The van der Waals surface area contributed by atoms with Crippen LogP contribution in [0.2, 0.25) is 0 Å². The van der Waals surface area contributed by atoms with Crippen molar-refractivity contribution in [3.8, 4) is 0 Å². The molecule has 1 aromatic heterocycles. The maximum Gasteiger partial charge on any atom is 0.245 e. The summed E-state index contributed by atoms with van der Waals surface area (Å²) in [6, 6.07) is -0.424. The van der Waals surface area contributed by atoms with Crippen LogP contribution < -0.4 is 5.32 Å². The van der Waals surface area contributed by atoms with Crippen molar-refractivity contribution in [1.82, 2.24) is 15.2 Å². The summed E-state index contributed by atoms with van der Waals surface area (Å²) >= 11 is 1.62. The van der Waals surface area contributed by atoms with Gasteiger partial charge in [0.25, 0.3) is 0 Å². The molecule has 1 aromatic rings. The first-order valence-electron chi connectivity index (χ1n) is 6.89. The molecule has 6 heteroatoms. The second-order valence-corrected chi connectivity index (χ2v) is 6.84. The second-order valence-electron chi connectivity index (χ2n) is 5.55. The zero-order chi connectivity index (χ0) is 14.9. The van der Waals surface area contributed by atoms with Crippen molar-refractivity contribution in [2.24, 2.45) is 5.92 Å². The summed E-state index contributed by atoms with van der Waals surface area (Å²) in [5.74, 6) is 0.0363. The van der Waals surface area contributed by atoms with Crippen molar-refractivity contribution >= 4 is 23.2 Å². The first-order valence-corrected chi connectivity index (χ1v) is 7.71. The molecule has 0 aliphatic carbocycles. The minimum absolute atomic E-state index is 0.00337. The fraction of sp³-hybridized carbons (Fsp3) is 0.643. The quantitative estimate of drug-likeness (QED) is 0.922. The van der Waals surface area contributed by atoms with Crippen molar-refractivity contribution in [1.29, 1.82) is 0 Å². The van der Waals surface area contributed by atoms with E-state index in [1.54, 1.807) is 16.2 Å². The van der Waals surface area contributed by atoms with E-state index in [1.165, 1.54) is 4.88 Å². The number of amides is 2. The van der Waals surface area contributed by atoms with Crippen LogP contribution in [0.25, 0.3) is 0 Å². The standard InChI is InChI=1S/C14H21N3O2S/c1-8(2)13-14(19)17(6-5-11(18)16-13)7-12-15-9(3)10(4)20-12/h8,13H,5-7H2,1-4H3,(H,16,18). The van der Waals surface area contributed by atoms with E-state index < -0.39 is 6.04 Å². The molecule has 0 saturated carbocycles. The summed E-state index contributed by atoms with van der Waals surface area (Å²) in [5.41, 5.74) is 1.02. The van der Waals surface area contributed by atoms with E-state index in [-0.39, 0.29) is 17.7 Å². The summed E-state index contributed by atoms with van der Waals surface area (Å²) in [7, 11) is 0. The lowest BCUT2D eigenvalue weighted by Gasteiger charge is -2.25. The van der Waals surface area contributed by atoms with Gasteiger partial charge in [-0.05, 0) is 19.8 Å². The number of rotatable bonds is 3. The van der Waals surface area contributed by atoms with E-state index >= 15 is 0 Å². The normalized spacial score (nSPS) is 20.2. The first kappa shape index (κ1) is 15.0. The van der Waals surface area contributed by atoms with E-state index in [0.29, 0.717) is 19.5 Å². The van der Waals surface area contributed by atoms with Crippen LogP contribution in [0.3, 0.4) is 0 Å². The molecule has 1 unspecified atom stereocenters. The Bertz CT molecular complexity index is 505. The average Bonchev–Trinajstić information content (AvgIpc) is 2.61. The Balaban J connectivity index is 2.16. The fourth-order valence-corrected chi connectivity index (χ4v) is 3.18. The van der Waals surface area contributed by atoms with Gasteiger partial charge in [-0.3, -0.25) is 9.59 Å². The topological polar surface area (TPSA) is 62.3 Å². The zero-order valence-electron chi connectivity index (χ0n) is 12.4. The SMILES string of the molecule is Cc1nc(CN2CCC(=O)NC(C(C)C)C2=O)sc1C. The van der Waals surface area contributed by atoms with Crippen LogP contribution in [0.1, 0.15) is 35.8 Å². The lowest BCUT2D eigenvalue weighted by molar-refractivity contribution is -0.135. The molecule has 1 saturated heterocycles. The third kappa shape index (κ3) is 3.17. The Morgan fingerprint density at radius 3 is 2.65 bits per heavy atom. The van der Waals surface area contributed by atoms with Gasteiger partial charge in [0.1, 0.15) is 11.0 Å². The number of aromatic nitrogens is 1. The Kier molecular flexibility index (Phi) is 4.42. The monoisotopic (exact) mass is 295 g/mol. The van der Waals surface area contributed by atoms with Gasteiger partial charge in [0.15, 0.2) is 0 Å². The minimum atomic E-state index is -0.424. The Morgan fingerprint density at radius 2 is 2.10 bits per heavy atom. The highest BCUT2D eigenvalue weighted by atomic mass is 32.1. The Morgan fingerprint density at radius 1 is 1.40 bits per heavy atom. The van der Waals surface area contributed by atoms with Gasteiger partial charge in [0, 0.05) is 17.8 Å². The highest BCUT2D eigenvalue weighted by Crippen LogP contribution is 2.20. The van der Waals surface area contributed by atoms with E-state index in [1.807, 2.05) is 27.7 Å². The highest BCUT2D eigenvalue weighted by Gasteiger charge is 2.32. The molecule has 1 fully saturated rings. The summed E-state index contributed by atoms with van der Waals surface area (Å²) < 4.78 is 0. The number of nitrogens with zero attached hydrogens (tertiary/aromatic N) is 2. The molecule has 1 aliphatic heterocycles. The van der Waals surface area contributed by atoms with E-state index in [0.717, 1.165) is 10.7 Å². The molecule has 1 aliphatic rings. The molecule has 2 amide bonds. The Hall–Kier alpha value is -1.43. The molecule has 1 atom stereocenters. The van der Waals surface area contributed by atoms with E-state index in [9.17, 15) is 9.59 Å². The van der Waals surface area contributed by atoms with Gasteiger partial charge < -0.3 is 10.2 Å². The van der Waals surface area contributed by atoms with Gasteiger partial charge in [0.05, 0.1) is 12.2 Å². The van der Waals surface area contributed by atoms with Gasteiger partial charge in [-0.15, -0.1) is 11.3 Å². The minimum Gasteiger partial charge on any atom is -0.344 e. The molecule has 2 heterocycles. The predicted molar refractivity (Wildman–Crippen MR) is 78.4 cm³/mol. The Labute approximate surface area is 123 Å². The molecule has 0 spiro atoms. The zero-order valence-corrected chi connectivity index (χ0v) is 13.2. The largest absolute Gasteiger partial charge is 0.344 e. The highest BCUT2D eigenvalue weighted by molar-refractivity contribution is 7.11. The van der Waals surface area contributed by atoms with Crippen molar-refractivity contribution in [2.75, 3.05) is 6.54 Å². The number of carbonyl (C=O) groups is 2. The smallest absolute Gasteiger partial charge is 0.245 e. The van der Waals surface area contributed by atoms with Crippen molar-refractivity contribution in [3.63, 3.8) is 0 Å². The lowest BCUT2D eigenvalue weighted by atomic mass is 10.0.